The largest absolute Gasteiger partial charge is 0.324 e. The van der Waals surface area contributed by atoms with Gasteiger partial charge in [0.25, 0.3) is 0 Å². The molecule has 5 nitrogen and oxygen atoms in total. The number of likely N-dealkylation sites (tertiary alicyclic amines) is 1. The van der Waals surface area contributed by atoms with Crippen molar-refractivity contribution >= 4 is 62.5 Å². The standard InChI is InChI=1S/C28H21BrCl2N2O3/c1-14-13-16(29)11-12-21(14)32-24(34)15(2)33-25(35)22-23(26(33)36)28(31)18-8-4-3-7-17(18)27(22,30)19-9-5-6-10-20(19)28/h3-13,15,22-23H,1-2H3,(H,32,34)/t15-,22-,23+,27?,28?/m1/s1. The molecule has 1 fully saturated rings. The monoisotopic (exact) mass is 582 g/mol. The van der Waals surface area contributed by atoms with E-state index >= 15 is 0 Å². The molecular formula is C28H21BrCl2N2O3. The summed E-state index contributed by atoms with van der Waals surface area (Å²) in [6.45, 7) is 3.42. The maximum absolute atomic E-state index is 14.0. The number of hydrogen-bond acceptors (Lipinski definition) is 3. The Labute approximate surface area is 226 Å². The van der Waals surface area contributed by atoms with Crippen LogP contribution in [-0.4, -0.2) is 28.7 Å². The Morgan fingerprint density at radius 2 is 1.33 bits per heavy atom. The van der Waals surface area contributed by atoms with E-state index in [2.05, 4.69) is 21.2 Å². The van der Waals surface area contributed by atoms with Crippen LogP contribution in [0, 0.1) is 18.8 Å². The molecule has 3 aromatic rings. The van der Waals surface area contributed by atoms with Gasteiger partial charge in [-0.15, -0.1) is 23.2 Å². The van der Waals surface area contributed by atoms with E-state index in [-0.39, 0.29) is 0 Å². The van der Waals surface area contributed by atoms with Gasteiger partial charge >= 0.3 is 0 Å². The smallest absolute Gasteiger partial charge is 0.247 e. The van der Waals surface area contributed by atoms with Gasteiger partial charge < -0.3 is 5.32 Å². The summed E-state index contributed by atoms with van der Waals surface area (Å²) in [5.41, 5.74) is 4.37. The molecule has 3 amide bonds. The van der Waals surface area contributed by atoms with Crippen molar-refractivity contribution in [2.75, 3.05) is 5.32 Å². The Hall–Kier alpha value is -2.67. The van der Waals surface area contributed by atoms with Crippen LogP contribution in [0.4, 0.5) is 5.69 Å². The Bertz CT molecular complexity index is 1370. The van der Waals surface area contributed by atoms with E-state index < -0.39 is 45.3 Å². The quantitative estimate of drug-likeness (QED) is 0.319. The lowest BCUT2D eigenvalue weighted by molar-refractivity contribution is -0.146. The third kappa shape index (κ3) is 2.86. The average Bonchev–Trinajstić information content (AvgIpc) is 3.14. The van der Waals surface area contributed by atoms with Crippen LogP contribution in [0.25, 0.3) is 0 Å². The third-order valence-electron chi connectivity index (χ3n) is 7.83. The number of aryl methyl sites for hydroxylation is 1. The van der Waals surface area contributed by atoms with E-state index in [9.17, 15) is 14.4 Å². The van der Waals surface area contributed by atoms with Gasteiger partial charge in [-0.2, -0.15) is 0 Å². The highest BCUT2D eigenvalue weighted by Crippen LogP contribution is 2.69. The third-order valence-corrected chi connectivity index (χ3v) is 9.61. The summed E-state index contributed by atoms with van der Waals surface area (Å²) in [5, 5.41) is 2.86. The zero-order valence-electron chi connectivity index (χ0n) is 19.4. The van der Waals surface area contributed by atoms with E-state index in [1.54, 1.807) is 13.0 Å². The lowest BCUT2D eigenvalue weighted by Crippen LogP contribution is -2.57. The summed E-state index contributed by atoms with van der Waals surface area (Å²) in [6, 6.07) is 19.3. The number of imide groups is 1. The summed E-state index contributed by atoms with van der Waals surface area (Å²) in [4.78, 5) is 39.8. The van der Waals surface area contributed by atoms with Crippen molar-refractivity contribution in [3.05, 3.63) is 99.0 Å². The number of nitrogens with zero attached hydrogens (tertiary/aromatic N) is 1. The van der Waals surface area contributed by atoms with Gasteiger partial charge in [-0.3, -0.25) is 19.3 Å². The summed E-state index contributed by atoms with van der Waals surface area (Å²) < 4.78 is 0.884. The fourth-order valence-corrected chi connectivity index (χ4v) is 7.77. The minimum absolute atomic E-state index is 0.463. The van der Waals surface area contributed by atoms with Gasteiger partial charge in [0.2, 0.25) is 17.7 Å². The molecule has 7 rings (SSSR count). The van der Waals surface area contributed by atoms with E-state index in [0.717, 1.165) is 37.2 Å². The molecule has 182 valence electrons. The molecule has 0 radical (unpaired) electrons. The number of halogens is 3. The van der Waals surface area contributed by atoms with E-state index in [1.807, 2.05) is 67.6 Å². The van der Waals surface area contributed by atoms with Crippen molar-refractivity contribution < 1.29 is 14.4 Å². The molecule has 3 aromatic carbocycles. The van der Waals surface area contributed by atoms with Crippen molar-refractivity contribution in [3.8, 4) is 0 Å². The molecule has 3 atom stereocenters. The predicted molar refractivity (Wildman–Crippen MR) is 142 cm³/mol. The number of carbonyl (C=O) groups is 3. The molecule has 0 spiro atoms. The molecule has 2 bridgehead atoms. The van der Waals surface area contributed by atoms with Gasteiger partial charge in [-0.1, -0.05) is 64.5 Å². The SMILES string of the molecule is Cc1cc(Br)ccc1NC(=O)[C@@H](C)N1C(=O)[C@@H]2[C@H](C1=O)C1(Cl)c3ccccc3C2(Cl)c2ccccc21. The van der Waals surface area contributed by atoms with Crippen molar-refractivity contribution in [1.82, 2.24) is 4.90 Å². The molecule has 1 aliphatic heterocycles. The molecular weight excluding hydrogens is 563 g/mol. The average molecular weight is 584 g/mol. The molecule has 3 aliphatic carbocycles. The zero-order valence-corrected chi connectivity index (χ0v) is 22.5. The number of alkyl halides is 2. The first-order valence-electron chi connectivity index (χ1n) is 11.6. The minimum Gasteiger partial charge on any atom is -0.324 e. The molecule has 0 saturated carbocycles. The molecule has 1 N–H and O–H groups in total. The first-order valence-corrected chi connectivity index (χ1v) is 13.2. The Morgan fingerprint density at radius 3 is 1.75 bits per heavy atom. The topological polar surface area (TPSA) is 66.5 Å². The fraction of sp³-hybridized carbons (Fsp3) is 0.250. The number of amides is 3. The summed E-state index contributed by atoms with van der Waals surface area (Å²) in [6.07, 6.45) is 0. The van der Waals surface area contributed by atoms with Crippen molar-refractivity contribution in [2.24, 2.45) is 11.8 Å². The fourth-order valence-electron chi connectivity index (χ4n) is 6.19. The van der Waals surface area contributed by atoms with Crippen molar-refractivity contribution in [1.29, 1.82) is 0 Å². The zero-order chi connectivity index (χ0) is 25.6. The number of hydrogen-bond donors (Lipinski definition) is 1. The highest BCUT2D eigenvalue weighted by Gasteiger charge is 2.73. The summed E-state index contributed by atoms with van der Waals surface area (Å²) >= 11 is 18.3. The van der Waals surface area contributed by atoms with Gasteiger partial charge in [0.1, 0.15) is 15.8 Å². The van der Waals surface area contributed by atoms with Crippen LogP contribution in [0.3, 0.4) is 0 Å². The Morgan fingerprint density at radius 1 is 0.889 bits per heavy atom. The summed E-state index contributed by atoms with van der Waals surface area (Å²) in [7, 11) is 0. The van der Waals surface area contributed by atoms with Gasteiger partial charge in [-0.25, -0.2) is 0 Å². The Balaban J connectivity index is 1.44. The summed E-state index contributed by atoms with van der Waals surface area (Å²) in [5.74, 6) is -3.29. The first kappa shape index (κ1) is 23.7. The lowest BCUT2D eigenvalue weighted by Gasteiger charge is -2.54. The highest BCUT2D eigenvalue weighted by atomic mass is 79.9. The number of anilines is 1. The molecule has 4 aliphatic rings. The van der Waals surface area contributed by atoms with Gasteiger partial charge in [-0.05, 0) is 59.9 Å². The number of carbonyl (C=O) groups excluding carboxylic acids is 3. The second kappa shape index (κ2) is 7.91. The highest BCUT2D eigenvalue weighted by molar-refractivity contribution is 9.10. The van der Waals surface area contributed by atoms with Crippen molar-refractivity contribution in [3.63, 3.8) is 0 Å². The minimum atomic E-state index is -1.27. The van der Waals surface area contributed by atoms with Crippen LogP contribution < -0.4 is 5.32 Å². The molecule has 0 aromatic heterocycles. The molecule has 1 saturated heterocycles. The van der Waals surface area contributed by atoms with Crippen LogP contribution in [-0.2, 0) is 24.1 Å². The van der Waals surface area contributed by atoms with Crippen molar-refractivity contribution in [2.45, 2.75) is 29.6 Å². The first-order chi connectivity index (χ1) is 17.1. The second-order valence-electron chi connectivity index (χ2n) is 9.64. The van der Waals surface area contributed by atoms with Gasteiger partial charge in [0.15, 0.2) is 0 Å². The van der Waals surface area contributed by atoms with Crippen LogP contribution in [0.1, 0.15) is 34.7 Å². The number of nitrogens with one attached hydrogen (secondary N) is 1. The Kier molecular flexibility index (Phi) is 5.21. The van der Waals surface area contributed by atoms with E-state index in [1.165, 1.54) is 0 Å². The maximum Gasteiger partial charge on any atom is 0.247 e. The van der Waals surface area contributed by atoms with Crippen LogP contribution >= 0.6 is 39.1 Å². The number of benzene rings is 3. The predicted octanol–water partition coefficient (Wildman–Crippen LogP) is 5.68. The van der Waals surface area contributed by atoms with Gasteiger partial charge in [0.05, 0.1) is 11.8 Å². The van der Waals surface area contributed by atoms with E-state index in [4.69, 9.17) is 23.2 Å². The lowest BCUT2D eigenvalue weighted by atomic mass is 9.54. The molecule has 36 heavy (non-hydrogen) atoms. The van der Waals surface area contributed by atoms with Crippen LogP contribution in [0.5, 0.6) is 0 Å². The van der Waals surface area contributed by atoms with Gasteiger partial charge in [0, 0.05) is 10.2 Å². The molecule has 0 unspecified atom stereocenters. The number of rotatable bonds is 3. The second-order valence-corrected chi connectivity index (χ2v) is 11.7. The van der Waals surface area contributed by atoms with Crippen LogP contribution in [0.15, 0.2) is 71.2 Å². The van der Waals surface area contributed by atoms with E-state index in [0.29, 0.717) is 5.69 Å². The maximum atomic E-state index is 14.0. The molecule has 8 heteroatoms. The molecule has 1 heterocycles. The van der Waals surface area contributed by atoms with Crippen LogP contribution in [0.2, 0.25) is 0 Å². The normalized spacial score (nSPS) is 28.4.